The predicted octanol–water partition coefficient (Wildman–Crippen LogP) is 4.82. The summed E-state index contributed by atoms with van der Waals surface area (Å²) in [6, 6.07) is 0. The summed E-state index contributed by atoms with van der Waals surface area (Å²) >= 11 is 3.85. The molecule has 0 atom stereocenters. The minimum atomic E-state index is -0.496. The standard InChI is InChI=1S/C22H35BrN2O4/c1-16-8-11-25(21(26)29-22(3,4)5)12-9-18(16)19(23)20-17(2)28-15-13-24(20)10-7-14-27-6/h1,7-15H2,2-6H3/b19-18+. The maximum Gasteiger partial charge on any atom is 0.410 e. The molecule has 0 N–H and O–H groups in total. The average Bonchev–Trinajstić information content (AvgIpc) is 2.82. The van der Waals surface area contributed by atoms with Crippen molar-refractivity contribution in [2.24, 2.45) is 0 Å². The Bertz CT molecular complexity index is 679. The first kappa shape index (κ1) is 23.8. The van der Waals surface area contributed by atoms with Crippen LogP contribution in [-0.4, -0.2) is 68.0 Å². The minimum Gasteiger partial charge on any atom is -0.494 e. The molecule has 0 aliphatic carbocycles. The van der Waals surface area contributed by atoms with Crippen LogP contribution in [0.3, 0.4) is 0 Å². The van der Waals surface area contributed by atoms with Crippen molar-refractivity contribution >= 4 is 22.0 Å². The van der Waals surface area contributed by atoms with Crippen molar-refractivity contribution < 1.29 is 19.0 Å². The van der Waals surface area contributed by atoms with Crippen LogP contribution in [0.2, 0.25) is 0 Å². The maximum absolute atomic E-state index is 12.5. The van der Waals surface area contributed by atoms with Crippen LogP contribution in [0, 0.1) is 0 Å². The zero-order chi connectivity index (χ0) is 21.6. The van der Waals surface area contributed by atoms with E-state index in [0.29, 0.717) is 19.7 Å². The molecule has 0 bridgehead atoms. The smallest absolute Gasteiger partial charge is 0.410 e. The van der Waals surface area contributed by atoms with Gasteiger partial charge in [0.05, 0.1) is 12.2 Å². The Hall–Kier alpha value is -1.47. The van der Waals surface area contributed by atoms with E-state index in [9.17, 15) is 4.79 Å². The van der Waals surface area contributed by atoms with Gasteiger partial charge in [0.25, 0.3) is 0 Å². The number of likely N-dealkylation sites (tertiary alicyclic amines) is 1. The summed E-state index contributed by atoms with van der Waals surface area (Å²) in [5.74, 6) is 0.911. The maximum atomic E-state index is 12.5. The molecule has 0 saturated carbocycles. The molecule has 0 radical (unpaired) electrons. The predicted molar refractivity (Wildman–Crippen MR) is 119 cm³/mol. The zero-order valence-electron chi connectivity index (χ0n) is 18.5. The SMILES string of the molecule is C=C1CCN(C(=O)OC(C)(C)C)CC/C1=C(\Br)C1=C(C)OCCN1CCCOC. The Morgan fingerprint density at radius 3 is 2.59 bits per heavy atom. The summed E-state index contributed by atoms with van der Waals surface area (Å²) in [5, 5.41) is 0. The van der Waals surface area contributed by atoms with Crippen LogP contribution in [-0.2, 0) is 14.2 Å². The van der Waals surface area contributed by atoms with Crippen molar-refractivity contribution in [3.63, 3.8) is 0 Å². The second-order valence-electron chi connectivity index (χ2n) is 8.45. The number of ether oxygens (including phenoxy) is 3. The Balaban J connectivity index is 2.21. The quantitative estimate of drug-likeness (QED) is 0.538. The molecule has 0 aromatic rings. The molecule has 2 aliphatic heterocycles. The Morgan fingerprint density at radius 2 is 1.93 bits per heavy atom. The molecule has 2 aliphatic rings. The third kappa shape index (κ3) is 6.78. The normalized spacial score (nSPS) is 20.4. The van der Waals surface area contributed by atoms with Gasteiger partial charge in [-0.3, -0.25) is 0 Å². The van der Waals surface area contributed by atoms with Crippen LogP contribution >= 0.6 is 15.9 Å². The number of allylic oxidation sites excluding steroid dienone is 2. The fourth-order valence-electron chi connectivity index (χ4n) is 3.50. The van der Waals surface area contributed by atoms with Crippen molar-refractivity contribution in [2.45, 2.75) is 52.6 Å². The molecule has 1 saturated heterocycles. The summed E-state index contributed by atoms with van der Waals surface area (Å²) in [6.07, 6.45) is 2.14. The lowest BCUT2D eigenvalue weighted by atomic mass is 10.0. The molecule has 7 heteroatoms. The molecule has 0 aromatic heterocycles. The summed E-state index contributed by atoms with van der Waals surface area (Å²) in [5.41, 5.74) is 2.77. The van der Waals surface area contributed by atoms with E-state index in [1.807, 2.05) is 27.7 Å². The first-order chi connectivity index (χ1) is 13.6. The number of carbonyl (C=O) groups is 1. The van der Waals surface area contributed by atoms with E-state index in [-0.39, 0.29) is 6.09 Å². The van der Waals surface area contributed by atoms with E-state index in [4.69, 9.17) is 14.2 Å². The molecule has 1 amide bonds. The number of carbonyl (C=O) groups excluding carboxylic acids is 1. The first-order valence-corrected chi connectivity index (χ1v) is 11.1. The number of halogens is 1. The number of hydrogen-bond donors (Lipinski definition) is 0. The monoisotopic (exact) mass is 470 g/mol. The molecular formula is C22H35BrN2O4. The average molecular weight is 471 g/mol. The van der Waals surface area contributed by atoms with Gasteiger partial charge in [-0.15, -0.1) is 0 Å². The number of rotatable bonds is 5. The summed E-state index contributed by atoms with van der Waals surface area (Å²) in [6.45, 7) is 16.4. The van der Waals surface area contributed by atoms with Gasteiger partial charge in [0, 0.05) is 37.8 Å². The van der Waals surface area contributed by atoms with E-state index in [2.05, 4.69) is 27.4 Å². The molecule has 2 rings (SSSR count). The fourth-order valence-corrected chi connectivity index (χ4v) is 4.51. The van der Waals surface area contributed by atoms with Gasteiger partial charge in [-0.2, -0.15) is 0 Å². The highest BCUT2D eigenvalue weighted by Gasteiger charge is 2.28. The Labute approximate surface area is 183 Å². The molecular weight excluding hydrogens is 436 g/mol. The summed E-state index contributed by atoms with van der Waals surface area (Å²) in [7, 11) is 1.73. The lowest BCUT2D eigenvalue weighted by molar-refractivity contribution is 0.0260. The molecule has 0 unspecified atom stereocenters. The van der Waals surface area contributed by atoms with E-state index in [1.54, 1.807) is 12.0 Å². The Morgan fingerprint density at radius 1 is 1.24 bits per heavy atom. The van der Waals surface area contributed by atoms with E-state index in [0.717, 1.165) is 66.0 Å². The summed E-state index contributed by atoms with van der Waals surface area (Å²) in [4.78, 5) is 16.6. The van der Waals surface area contributed by atoms with Crippen molar-refractivity contribution in [1.29, 1.82) is 0 Å². The molecule has 0 aromatic carbocycles. The van der Waals surface area contributed by atoms with Gasteiger partial charge < -0.3 is 24.0 Å². The van der Waals surface area contributed by atoms with Gasteiger partial charge >= 0.3 is 6.09 Å². The van der Waals surface area contributed by atoms with E-state index in [1.165, 1.54) is 0 Å². The van der Waals surface area contributed by atoms with Crippen LogP contribution in [0.15, 0.2) is 33.7 Å². The first-order valence-electron chi connectivity index (χ1n) is 10.3. The highest BCUT2D eigenvalue weighted by atomic mass is 79.9. The van der Waals surface area contributed by atoms with Gasteiger partial charge in [-0.05, 0) is 74.0 Å². The lowest BCUT2D eigenvalue weighted by Gasteiger charge is -2.34. The van der Waals surface area contributed by atoms with Crippen LogP contribution in [0.5, 0.6) is 0 Å². The molecule has 0 spiro atoms. The second kappa shape index (κ2) is 10.5. The topological polar surface area (TPSA) is 51.2 Å². The van der Waals surface area contributed by atoms with Crippen LogP contribution in [0.4, 0.5) is 4.79 Å². The van der Waals surface area contributed by atoms with Crippen LogP contribution < -0.4 is 0 Å². The van der Waals surface area contributed by atoms with Crippen LogP contribution in [0.25, 0.3) is 0 Å². The highest BCUT2D eigenvalue weighted by molar-refractivity contribution is 9.12. The molecule has 164 valence electrons. The van der Waals surface area contributed by atoms with Gasteiger partial charge in [0.15, 0.2) is 0 Å². The summed E-state index contributed by atoms with van der Waals surface area (Å²) < 4.78 is 17.6. The van der Waals surface area contributed by atoms with Gasteiger partial charge in [0.2, 0.25) is 0 Å². The second-order valence-corrected chi connectivity index (χ2v) is 9.24. The molecule has 1 fully saturated rings. The third-order valence-electron chi connectivity index (χ3n) is 4.97. The largest absolute Gasteiger partial charge is 0.494 e. The highest BCUT2D eigenvalue weighted by Crippen LogP contribution is 2.36. The van der Waals surface area contributed by atoms with E-state index >= 15 is 0 Å². The lowest BCUT2D eigenvalue weighted by Crippen LogP contribution is -2.37. The zero-order valence-corrected chi connectivity index (χ0v) is 20.1. The third-order valence-corrected chi connectivity index (χ3v) is 5.83. The van der Waals surface area contributed by atoms with Gasteiger partial charge in [-0.25, -0.2) is 4.79 Å². The molecule has 2 heterocycles. The van der Waals surface area contributed by atoms with Crippen LogP contribution in [0.1, 0.15) is 47.0 Å². The van der Waals surface area contributed by atoms with Gasteiger partial charge in [0.1, 0.15) is 18.0 Å². The fraction of sp³-hybridized carbons (Fsp3) is 0.682. The number of methoxy groups -OCH3 is 1. The van der Waals surface area contributed by atoms with Crippen molar-refractivity contribution in [3.05, 3.63) is 33.7 Å². The Kier molecular flexibility index (Phi) is 8.64. The van der Waals surface area contributed by atoms with Crippen molar-refractivity contribution in [2.75, 3.05) is 46.5 Å². The number of hydrogen-bond acceptors (Lipinski definition) is 5. The van der Waals surface area contributed by atoms with Gasteiger partial charge in [-0.1, -0.05) is 6.58 Å². The number of nitrogens with zero attached hydrogens (tertiary/aromatic N) is 2. The molecule has 29 heavy (non-hydrogen) atoms. The van der Waals surface area contributed by atoms with Crippen molar-refractivity contribution in [3.8, 4) is 0 Å². The molecule has 6 nitrogen and oxygen atoms in total. The minimum absolute atomic E-state index is 0.264. The number of amides is 1. The van der Waals surface area contributed by atoms with E-state index < -0.39 is 5.60 Å². The van der Waals surface area contributed by atoms with Crippen molar-refractivity contribution in [1.82, 2.24) is 9.80 Å².